The Hall–Kier alpha value is -2.74. The van der Waals surface area contributed by atoms with Gasteiger partial charge in [-0.2, -0.15) is 0 Å². The minimum absolute atomic E-state index is 0.0834. The first-order chi connectivity index (χ1) is 14.6. The van der Waals surface area contributed by atoms with Gasteiger partial charge in [0.2, 0.25) is 5.91 Å². The number of ether oxygens (including phenoxy) is 1. The third kappa shape index (κ3) is 4.87. The molecule has 0 saturated carbocycles. The van der Waals surface area contributed by atoms with E-state index in [1.165, 1.54) is 18.6 Å². The van der Waals surface area contributed by atoms with E-state index in [1.807, 2.05) is 0 Å². The Bertz CT molecular complexity index is 899. The second-order valence-corrected chi connectivity index (χ2v) is 7.99. The van der Waals surface area contributed by atoms with E-state index in [2.05, 4.69) is 20.2 Å². The molecule has 0 radical (unpaired) electrons. The van der Waals surface area contributed by atoms with E-state index >= 15 is 0 Å². The molecule has 0 unspecified atom stereocenters. The number of halogens is 1. The van der Waals surface area contributed by atoms with Gasteiger partial charge >= 0.3 is 0 Å². The SMILES string of the molecule is Nc1ncncc1NC(=O)CCCN1CCC(Oc2ccc(F)c3c2CCC3)CC1. The molecule has 2 aromatic rings. The molecule has 1 fully saturated rings. The molecule has 1 aliphatic heterocycles. The van der Waals surface area contributed by atoms with E-state index in [0.717, 1.165) is 75.0 Å². The van der Waals surface area contributed by atoms with Gasteiger partial charge in [-0.25, -0.2) is 14.4 Å². The zero-order valence-electron chi connectivity index (χ0n) is 17.1. The average molecular weight is 413 g/mol. The number of fused-ring (bicyclic) bond motifs is 1. The van der Waals surface area contributed by atoms with Crippen molar-refractivity contribution in [1.82, 2.24) is 14.9 Å². The number of benzene rings is 1. The van der Waals surface area contributed by atoms with Crippen LogP contribution in [0.4, 0.5) is 15.9 Å². The highest BCUT2D eigenvalue weighted by atomic mass is 19.1. The lowest BCUT2D eigenvalue weighted by Crippen LogP contribution is -2.39. The van der Waals surface area contributed by atoms with Crippen molar-refractivity contribution >= 4 is 17.4 Å². The number of nitrogens with two attached hydrogens (primary N) is 1. The lowest BCUT2D eigenvalue weighted by Gasteiger charge is -2.32. The average Bonchev–Trinajstić information content (AvgIpc) is 3.24. The number of amides is 1. The Morgan fingerprint density at radius 1 is 1.27 bits per heavy atom. The molecule has 8 heteroatoms. The van der Waals surface area contributed by atoms with Gasteiger partial charge in [0.1, 0.15) is 29.7 Å². The van der Waals surface area contributed by atoms with E-state index < -0.39 is 0 Å². The monoisotopic (exact) mass is 413 g/mol. The van der Waals surface area contributed by atoms with Crippen molar-refractivity contribution in [2.24, 2.45) is 0 Å². The summed E-state index contributed by atoms with van der Waals surface area (Å²) in [5, 5.41) is 2.75. The summed E-state index contributed by atoms with van der Waals surface area (Å²) in [6.07, 6.45) is 8.82. The number of rotatable bonds is 7. The van der Waals surface area contributed by atoms with E-state index in [1.54, 1.807) is 6.07 Å². The normalized spacial score (nSPS) is 17.0. The molecule has 160 valence electrons. The predicted octanol–water partition coefficient (Wildman–Crippen LogP) is 2.95. The number of piperidine rings is 1. The molecular weight excluding hydrogens is 385 g/mol. The highest BCUT2D eigenvalue weighted by Crippen LogP contribution is 2.34. The Kier molecular flexibility index (Phi) is 6.42. The highest BCUT2D eigenvalue weighted by Gasteiger charge is 2.24. The Labute approximate surface area is 175 Å². The second kappa shape index (κ2) is 9.38. The molecule has 4 rings (SSSR count). The standard InChI is InChI=1S/C22H28FN5O2/c23-18-6-7-20(17-4-1-3-16(17)18)30-15-8-11-28(12-9-15)10-2-5-21(29)27-19-13-25-14-26-22(19)24/h6-7,13-15H,1-5,8-12H2,(H,27,29)(H2,24,25,26). The summed E-state index contributed by atoms with van der Waals surface area (Å²) in [6.45, 7) is 2.75. The zero-order chi connectivity index (χ0) is 20.9. The third-order valence-electron chi connectivity index (χ3n) is 5.91. The summed E-state index contributed by atoms with van der Waals surface area (Å²) in [4.78, 5) is 22.2. The molecule has 3 N–H and O–H groups in total. The van der Waals surface area contributed by atoms with Crippen LogP contribution in [0.15, 0.2) is 24.7 Å². The van der Waals surface area contributed by atoms with Crippen LogP contribution in [0.5, 0.6) is 5.75 Å². The summed E-state index contributed by atoms with van der Waals surface area (Å²) in [6, 6.07) is 3.32. The number of aromatic nitrogens is 2. The molecule has 0 bridgehead atoms. The first-order valence-corrected chi connectivity index (χ1v) is 10.6. The van der Waals surface area contributed by atoms with Gasteiger partial charge in [0.25, 0.3) is 0 Å². The van der Waals surface area contributed by atoms with Crippen molar-refractivity contribution in [3.8, 4) is 5.75 Å². The van der Waals surface area contributed by atoms with Crippen LogP contribution >= 0.6 is 0 Å². The first kappa shape index (κ1) is 20.5. The number of nitrogens with zero attached hydrogens (tertiary/aromatic N) is 3. The van der Waals surface area contributed by atoms with Crippen LogP contribution in [-0.2, 0) is 17.6 Å². The maximum absolute atomic E-state index is 13.9. The molecule has 0 spiro atoms. The van der Waals surface area contributed by atoms with Gasteiger partial charge in [0.05, 0.1) is 6.20 Å². The molecular formula is C22H28FN5O2. The molecule has 30 heavy (non-hydrogen) atoms. The number of anilines is 2. The van der Waals surface area contributed by atoms with Crippen molar-refractivity contribution in [2.45, 2.75) is 51.0 Å². The summed E-state index contributed by atoms with van der Waals surface area (Å²) in [7, 11) is 0. The van der Waals surface area contributed by atoms with Crippen molar-refractivity contribution in [1.29, 1.82) is 0 Å². The minimum atomic E-state index is -0.101. The lowest BCUT2D eigenvalue weighted by atomic mass is 10.1. The topological polar surface area (TPSA) is 93.4 Å². The summed E-state index contributed by atoms with van der Waals surface area (Å²) in [5.41, 5.74) is 8.07. The van der Waals surface area contributed by atoms with Gasteiger partial charge in [-0.05, 0) is 62.8 Å². The van der Waals surface area contributed by atoms with E-state index in [-0.39, 0.29) is 23.6 Å². The maximum atomic E-state index is 13.9. The van der Waals surface area contributed by atoms with Crippen LogP contribution in [0.1, 0.15) is 43.2 Å². The summed E-state index contributed by atoms with van der Waals surface area (Å²) >= 11 is 0. The lowest BCUT2D eigenvalue weighted by molar-refractivity contribution is -0.116. The van der Waals surface area contributed by atoms with E-state index in [9.17, 15) is 9.18 Å². The Balaban J connectivity index is 1.18. The van der Waals surface area contributed by atoms with Gasteiger partial charge in [-0.1, -0.05) is 0 Å². The fourth-order valence-corrected chi connectivity index (χ4v) is 4.28. The molecule has 0 atom stereocenters. The molecule has 1 aliphatic carbocycles. The summed E-state index contributed by atoms with van der Waals surface area (Å²) < 4.78 is 20.2. The number of likely N-dealkylation sites (tertiary alicyclic amines) is 1. The van der Waals surface area contributed by atoms with Gasteiger partial charge < -0.3 is 20.7 Å². The van der Waals surface area contributed by atoms with Gasteiger partial charge in [-0.3, -0.25) is 4.79 Å². The van der Waals surface area contributed by atoms with Crippen LogP contribution in [0.3, 0.4) is 0 Å². The largest absolute Gasteiger partial charge is 0.490 e. The smallest absolute Gasteiger partial charge is 0.224 e. The second-order valence-electron chi connectivity index (χ2n) is 7.99. The van der Waals surface area contributed by atoms with E-state index in [0.29, 0.717) is 12.1 Å². The van der Waals surface area contributed by atoms with Gasteiger partial charge in [-0.15, -0.1) is 0 Å². The quantitative estimate of drug-likeness (QED) is 0.725. The molecule has 1 aromatic heterocycles. The summed E-state index contributed by atoms with van der Waals surface area (Å²) in [5.74, 6) is 0.950. The van der Waals surface area contributed by atoms with Crippen LogP contribution in [0.2, 0.25) is 0 Å². The zero-order valence-corrected chi connectivity index (χ0v) is 17.1. The molecule has 7 nitrogen and oxygen atoms in total. The molecule has 1 amide bonds. The molecule has 2 heterocycles. The maximum Gasteiger partial charge on any atom is 0.224 e. The van der Waals surface area contributed by atoms with Crippen LogP contribution in [0, 0.1) is 5.82 Å². The van der Waals surface area contributed by atoms with Gasteiger partial charge in [0.15, 0.2) is 5.82 Å². The van der Waals surface area contributed by atoms with Crippen LogP contribution in [0.25, 0.3) is 0 Å². The number of hydrogen-bond acceptors (Lipinski definition) is 6. The van der Waals surface area contributed by atoms with Crippen molar-refractivity contribution in [3.05, 3.63) is 41.6 Å². The Morgan fingerprint density at radius 3 is 2.87 bits per heavy atom. The predicted molar refractivity (Wildman–Crippen MR) is 113 cm³/mol. The molecule has 1 saturated heterocycles. The number of carbonyl (C=O) groups excluding carboxylic acids is 1. The minimum Gasteiger partial charge on any atom is -0.490 e. The third-order valence-corrected chi connectivity index (χ3v) is 5.91. The number of carbonyl (C=O) groups is 1. The van der Waals surface area contributed by atoms with Crippen molar-refractivity contribution < 1.29 is 13.9 Å². The van der Waals surface area contributed by atoms with Crippen molar-refractivity contribution in [2.75, 3.05) is 30.7 Å². The van der Waals surface area contributed by atoms with Crippen molar-refractivity contribution in [3.63, 3.8) is 0 Å². The molecule has 2 aliphatic rings. The highest BCUT2D eigenvalue weighted by molar-refractivity contribution is 5.92. The molecule has 1 aromatic carbocycles. The number of nitrogens with one attached hydrogen (secondary N) is 1. The Morgan fingerprint density at radius 2 is 2.07 bits per heavy atom. The van der Waals surface area contributed by atoms with E-state index in [4.69, 9.17) is 10.5 Å². The van der Waals surface area contributed by atoms with Crippen LogP contribution < -0.4 is 15.8 Å². The van der Waals surface area contributed by atoms with Gasteiger partial charge in [0, 0.05) is 25.1 Å². The fourth-order valence-electron chi connectivity index (χ4n) is 4.28. The number of hydrogen-bond donors (Lipinski definition) is 2. The first-order valence-electron chi connectivity index (χ1n) is 10.6. The van der Waals surface area contributed by atoms with Crippen LogP contribution in [-0.4, -0.2) is 46.5 Å². The fraction of sp³-hybridized carbons (Fsp3) is 0.500. The number of nitrogen functional groups attached to an aromatic ring is 1.